The quantitative estimate of drug-likeness (QED) is 0.691. The topological polar surface area (TPSA) is 78.4 Å². The first-order valence-electron chi connectivity index (χ1n) is 6.36. The van der Waals surface area contributed by atoms with E-state index >= 15 is 0 Å². The second-order valence-electron chi connectivity index (χ2n) is 4.62. The molecule has 0 atom stereocenters. The van der Waals surface area contributed by atoms with Crippen LogP contribution in [0.25, 0.3) is 0 Å². The molecule has 1 rings (SSSR count). The zero-order valence-electron chi connectivity index (χ0n) is 11.3. The number of benzene rings is 1. The molecule has 0 saturated carbocycles. The zero-order valence-corrected chi connectivity index (χ0v) is 11.3. The molecule has 5 heteroatoms. The number of carbonyl (C=O) groups excluding carboxylic acids is 1. The molecule has 5 nitrogen and oxygen atoms in total. The summed E-state index contributed by atoms with van der Waals surface area (Å²) in [5.74, 6) is -0.532. The van der Waals surface area contributed by atoms with Crippen molar-refractivity contribution in [2.24, 2.45) is 0 Å². The van der Waals surface area contributed by atoms with E-state index < -0.39 is 5.97 Å². The van der Waals surface area contributed by atoms with Crippen molar-refractivity contribution in [3.8, 4) is 0 Å². The van der Waals surface area contributed by atoms with Gasteiger partial charge in [0.15, 0.2) is 0 Å². The van der Waals surface area contributed by atoms with Gasteiger partial charge in [0.25, 0.3) is 0 Å². The van der Waals surface area contributed by atoms with Crippen molar-refractivity contribution < 1.29 is 14.7 Å². The second-order valence-corrected chi connectivity index (χ2v) is 4.62. The van der Waals surface area contributed by atoms with Crippen LogP contribution in [0.2, 0.25) is 0 Å². The van der Waals surface area contributed by atoms with E-state index in [2.05, 4.69) is 24.5 Å². The van der Waals surface area contributed by atoms with E-state index in [1.54, 1.807) is 0 Å². The van der Waals surface area contributed by atoms with E-state index in [4.69, 9.17) is 5.11 Å². The summed E-state index contributed by atoms with van der Waals surface area (Å²) >= 11 is 0. The van der Waals surface area contributed by atoms with Crippen LogP contribution in [0, 0.1) is 0 Å². The first-order valence-corrected chi connectivity index (χ1v) is 6.36. The summed E-state index contributed by atoms with van der Waals surface area (Å²) in [6, 6.07) is 7.33. The Hall–Kier alpha value is -2.04. The number of carboxylic acid groups (broad SMARTS) is 1. The highest BCUT2D eigenvalue weighted by molar-refractivity contribution is 5.90. The molecule has 19 heavy (non-hydrogen) atoms. The summed E-state index contributed by atoms with van der Waals surface area (Å²) < 4.78 is 0. The molecule has 0 bridgehead atoms. The number of carboxylic acids is 1. The minimum Gasteiger partial charge on any atom is -0.481 e. The molecule has 0 saturated heterocycles. The van der Waals surface area contributed by atoms with E-state index in [9.17, 15) is 9.59 Å². The third-order valence-corrected chi connectivity index (χ3v) is 2.68. The number of rotatable bonds is 6. The van der Waals surface area contributed by atoms with Crippen LogP contribution >= 0.6 is 0 Å². The Bertz CT molecular complexity index is 444. The van der Waals surface area contributed by atoms with Crippen LogP contribution in [-0.4, -0.2) is 23.7 Å². The Morgan fingerprint density at radius 2 is 1.95 bits per heavy atom. The molecule has 0 aliphatic heterocycles. The van der Waals surface area contributed by atoms with Gasteiger partial charge in [-0.2, -0.15) is 0 Å². The van der Waals surface area contributed by atoms with Gasteiger partial charge in [-0.15, -0.1) is 0 Å². The highest BCUT2D eigenvalue weighted by Crippen LogP contribution is 2.23. The van der Waals surface area contributed by atoms with Crippen molar-refractivity contribution in [3.05, 3.63) is 29.8 Å². The number of anilines is 1. The number of aliphatic carboxylic acids is 1. The SMILES string of the molecule is CC(C)c1ccccc1NC(=O)NCCCC(=O)O. The predicted molar refractivity (Wildman–Crippen MR) is 74.4 cm³/mol. The molecule has 3 N–H and O–H groups in total. The van der Waals surface area contributed by atoms with Gasteiger partial charge in [-0.05, 0) is 24.0 Å². The minimum atomic E-state index is -0.854. The molecule has 0 heterocycles. The van der Waals surface area contributed by atoms with Crippen LogP contribution < -0.4 is 10.6 Å². The first kappa shape index (κ1) is 15.0. The third kappa shape index (κ3) is 5.42. The Morgan fingerprint density at radius 3 is 2.58 bits per heavy atom. The first-order chi connectivity index (χ1) is 9.00. The van der Waals surface area contributed by atoms with Gasteiger partial charge >= 0.3 is 12.0 Å². The van der Waals surface area contributed by atoms with Gasteiger partial charge in [0.1, 0.15) is 0 Å². The lowest BCUT2D eigenvalue weighted by molar-refractivity contribution is -0.137. The van der Waals surface area contributed by atoms with Crippen molar-refractivity contribution in [1.82, 2.24) is 5.32 Å². The van der Waals surface area contributed by atoms with Gasteiger partial charge in [-0.25, -0.2) is 4.79 Å². The Labute approximate surface area is 113 Å². The predicted octanol–water partition coefficient (Wildman–Crippen LogP) is 2.80. The van der Waals surface area contributed by atoms with Crippen LogP contribution in [0.4, 0.5) is 10.5 Å². The number of hydrogen-bond donors (Lipinski definition) is 3. The third-order valence-electron chi connectivity index (χ3n) is 2.68. The van der Waals surface area contributed by atoms with Crippen LogP contribution in [0.3, 0.4) is 0 Å². The van der Waals surface area contributed by atoms with Gasteiger partial charge in [0.2, 0.25) is 0 Å². The molecule has 2 amide bonds. The Balaban J connectivity index is 2.46. The van der Waals surface area contributed by atoms with Gasteiger partial charge in [0.05, 0.1) is 0 Å². The number of para-hydroxylation sites is 1. The summed E-state index contributed by atoms with van der Waals surface area (Å²) in [4.78, 5) is 22.0. The van der Waals surface area contributed by atoms with Crippen molar-refractivity contribution in [2.45, 2.75) is 32.6 Å². The van der Waals surface area contributed by atoms with E-state index in [0.29, 0.717) is 18.9 Å². The zero-order chi connectivity index (χ0) is 14.3. The fraction of sp³-hybridized carbons (Fsp3) is 0.429. The van der Waals surface area contributed by atoms with Crippen LogP contribution in [0.1, 0.15) is 38.2 Å². The highest BCUT2D eigenvalue weighted by atomic mass is 16.4. The normalized spacial score (nSPS) is 10.3. The average molecular weight is 264 g/mol. The number of amides is 2. The molecule has 0 aliphatic rings. The molecule has 0 aromatic heterocycles. The second kappa shape index (κ2) is 7.41. The lowest BCUT2D eigenvalue weighted by Gasteiger charge is -2.14. The van der Waals surface area contributed by atoms with Crippen LogP contribution in [0.5, 0.6) is 0 Å². The number of nitrogens with one attached hydrogen (secondary N) is 2. The van der Waals surface area contributed by atoms with E-state index in [1.165, 1.54) is 0 Å². The summed E-state index contributed by atoms with van der Waals surface area (Å²) in [6.07, 6.45) is 0.484. The minimum absolute atomic E-state index is 0.0584. The van der Waals surface area contributed by atoms with Crippen LogP contribution in [0.15, 0.2) is 24.3 Å². The summed E-state index contributed by atoms with van der Waals surface area (Å²) in [5.41, 5.74) is 1.86. The van der Waals surface area contributed by atoms with Gasteiger partial charge in [-0.1, -0.05) is 32.0 Å². The summed E-state index contributed by atoms with van der Waals surface area (Å²) in [5, 5.41) is 13.9. The lowest BCUT2D eigenvalue weighted by atomic mass is 10.0. The number of hydrogen-bond acceptors (Lipinski definition) is 2. The molecule has 1 aromatic rings. The van der Waals surface area contributed by atoms with Crippen molar-refractivity contribution in [3.63, 3.8) is 0 Å². The summed E-state index contributed by atoms with van der Waals surface area (Å²) in [7, 11) is 0. The van der Waals surface area contributed by atoms with E-state index in [-0.39, 0.29) is 12.5 Å². The average Bonchev–Trinajstić information content (AvgIpc) is 2.35. The smallest absolute Gasteiger partial charge is 0.319 e. The molecule has 0 radical (unpaired) electrons. The van der Waals surface area contributed by atoms with Gasteiger partial charge < -0.3 is 15.7 Å². The highest BCUT2D eigenvalue weighted by Gasteiger charge is 2.08. The fourth-order valence-electron chi connectivity index (χ4n) is 1.72. The monoisotopic (exact) mass is 264 g/mol. The standard InChI is InChI=1S/C14H20N2O3/c1-10(2)11-6-3-4-7-12(11)16-14(19)15-9-5-8-13(17)18/h3-4,6-7,10H,5,8-9H2,1-2H3,(H,17,18)(H2,15,16,19). The lowest BCUT2D eigenvalue weighted by Crippen LogP contribution is -2.30. The molecule has 104 valence electrons. The van der Waals surface area contributed by atoms with Gasteiger partial charge in [0, 0.05) is 18.7 Å². The van der Waals surface area contributed by atoms with Crippen molar-refractivity contribution >= 4 is 17.7 Å². The Morgan fingerprint density at radius 1 is 1.26 bits per heavy atom. The molecule has 0 aliphatic carbocycles. The largest absolute Gasteiger partial charge is 0.481 e. The van der Waals surface area contributed by atoms with E-state index in [0.717, 1.165) is 11.3 Å². The van der Waals surface area contributed by atoms with E-state index in [1.807, 2.05) is 24.3 Å². The number of urea groups is 1. The molecular formula is C14H20N2O3. The number of carbonyl (C=O) groups is 2. The molecular weight excluding hydrogens is 244 g/mol. The van der Waals surface area contributed by atoms with Crippen molar-refractivity contribution in [2.75, 3.05) is 11.9 Å². The maximum atomic E-state index is 11.7. The molecule has 0 fully saturated rings. The van der Waals surface area contributed by atoms with Crippen LogP contribution in [-0.2, 0) is 4.79 Å². The fourth-order valence-corrected chi connectivity index (χ4v) is 1.72. The van der Waals surface area contributed by atoms with Gasteiger partial charge in [-0.3, -0.25) is 4.79 Å². The Kier molecular flexibility index (Phi) is 5.85. The van der Waals surface area contributed by atoms with Crippen molar-refractivity contribution in [1.29, 1.82) is 0 Å². The molecule has 1 aromatic carbocycles. The maximum absolute atomic E-state index is 11.7. The maximum Gasteiger partial charge on any atom is 0.319 e. The molecule has 0 spiro atoms. The molecule has 0 unspecified atom stereocenters. The summed E-state index contributed by atoms with van der Waals surface area (Å²) in [6.45, 7) is 4.47.